The Hall–Kier alpha value is -2.03. The zero-order chi connectivity index (χ0) is 11.8. The predicted octanol–water partition coefficient (Wildman–Crippen LogP) is 2.51. The Bertz CT molecular complexity index is 560. The summed E-state index contributed by atoms with van der Waals surface area (Å²) >= 11 is 0. The maximum absolute atomic E-state index is 11.9. The predicted molar refractivity (Wildman–Crippen MR) is 63.6 cm³/mol. The van der Waals surface area contributed by atoms with Crippen molar-refractivity contribution in [2.75, 3.05) is 13.7 Å². The van der Waals surface area contributed by atoms with Gasteiger partial charge in [-0.25, -0.2) is 4.79 Å². The Morgan fingerprint density at radius 1 is 1.24 bits per heavy atom. The zero-order valence-electron chi connectivity index (χ0n) is 9.53. The Morgan fingerprint density at radius 2 is 2.00 bits per heavy atom. The summed E-state index contributed by atoms with van der Waals surface area (Å²) in [5.41, 5.74) is 3.54. The van der Waals surface area contributed by atoms with E-state index >= 15 is 0 Å². The van der Waals surface area contributed by atoms with Crippen LogP contribution < -0.4 is 4.74 Å². The molecule has 0 saturated heterocycles. The van der Waals surface area contributed by atoms with E-state index in [1.165, 1.54) is 7.11 Å². The molecule has 3 heteroatoms. The van der Waals surface area contributed by atoms with Gasteiger partial charge in [-0.1, -0.05) is 30.3 Å². The van der Waals surface area contributed by atoms with Gasteiger partial charge in [-0.05, 0) is 0 Å². The highest BCUT2D eigenvalue weighted by Crippen LogP contribution is 2.45. The monoisotopic (exact) mass is 228 g/mol. The van der Waals surface area contributed by atoms with E-state index in [1.54, 1.807) is 0 Å². The van der Waals surface area contributed by atoms with Crippen molar-refractivity contribution in [3.8, 4) is 16.9 Å². The van der Waals surface area contributed by atoms with E-state index in [0.717, 1.165) is 28.9 Å². The summed E-state index contributed by atoms with van der Waals surface area (Å²) in [5, 5.41) is 0. The highest BCUT2D eigenvalue weighted by Gasteiger charge is 2.31. The summed E-state index contributed by atoms with van der Waals surface area (Å²) in [6.07, 6.45) is 0.776. The molecular formula is C14H12O3. The minimum Gasteiger partial charge on any atom is -0.492 e. The molecule has 0 spiro atoms. The first-order chi connectivity index (χ1) is 8.33. The number of fused-ring (bicyclic) bond motifs is 3. The fourth-order valence-corrected chi connectivity index (χ4v) is 2.40. The van der Waals surface area contributed by atoms with E-state index in [9.17, 15) is 4.79 Å². The normalized spacial score (nSPS) is 13.2. The molecule has 0 saturated carbocycles. The fourth-order valence-electron chi connectivity index (χ4n) is 2.40. The molecule has 86 valence electrons. The molecular weight excluding hydrogens is 216 g/mol. The summed E-state index contributed by atoms with van der Waals surface area (Å²) in [5.74, 6) is 0.560. The van der Waals surface area contributed by atoms with Crippen LogP contribution in [0.15, 0.2) is 30.3 Å². The minimum absolute atomic E-state index is 0.284. The third-order valence-electron chi connectivity index (χ3n) is 3.12. The summed E-state index contributed by atoms with van der Waals surface area (Å²) in [7, 11) is 1.41. The summed E-state index contributed by atoms with van der Waals surface area (Å²) < 4.78 is 10.5. The topological polar surface area (TPSA) is 35.5 Å². The van der Waals surface area contributed by atoms with Crippen molar-refractivity contribution in [2.24, 2.45) is 0 Å². The molecule has 0 aromatic carbocycles. The van der Waals surface area contributed by atoms with Gasteiger partial charge in [-0.2, -0.15) is 0 Å². The summed E-state index contributed by atoms with van der Waals surface area (Å²) in [6, 6.07) is 9.72. The molecule has 0 bridgehead atoms. The third kappa shape index (κ3) is 1.39. The van der Waals surface area contributed by atoms with E-state index in [4.69, 9.17) is 9.47 Å². The first-order valence-corrected chi connectivity index (χ1v) is 5.57. The van der Waals surface area contributed by atoms with Crippen LogP contribution in [0, 0.1) is 0 Å². The van der Waals surface area contributed by atoms with Gasteiger partial charge in [0.1, 0.15) is 5.75 Å². The van der Waals surface area contributed by atoms with Crippen molar-refractivity contribution in [1.29, 1.82) is 0 Å². The van der Waals surface area contributed by atoms with E-state index < -0.39 is 0 Å². The van der Waals surface area contributed by atoms with Gasteiger partial charge in [0.05, 0.1) is 19.3 Å². The molecule has 0 amide bonds. The van der Waals surface area contributed by atoms with Crippen molar-refractivity contribution >= 4 is 5.97 Å². The molecule has 1 heterocycles. The van der Waals surface area contributed by atoms with Gasteiger partial charge in [0, 0.05) is 23.1 Å². The highest BCUT2D eigenvalue weighted by molar-refractivity contribution is 6.03. The zero-order valence-corrected chi connectivity index (χ0v) is 9.53. The van der Waals surface area contributed by atoms with Crippen LogP contribution in [0.5, 0.6) is 5.75 Å². The Kier molecular flexibility index (Phi) is 2.25. The van der Waals surface area contributed by atoms with Gasteiger partial charge in [-0.15, -0.1) is 0 Å². The number of hydrogen-bond acceptors (Lipinski definition) is 3. The highest BCUT2D eigenvalue weighted by atomic mass is 16.5. The minimum atomic E-state index is -0.284. The molecule has 0 radical (unpaired) electrons. The van der Waals surface area contributed by atoms with Crippen LogP contribution in [0.1, 0.15) is 15.9 Å². The molecule has 2 aliphatic carbocycles. The molecule has 0 aromatic heterocycles. The lowest BCUT2D eigenvalue weighted by atomic mass is 10.1. The Labute approximate surface area is 99.3 Å². The van der Waals surface area contributed by atoms with Gasteiger partial charge >= 0.3 is 5.97 Å². The van der Waals surface area contributed by atoms with Crippen LogP contribution >= 0.6 is 0 Å². The van der Waals surface area contributed by atoms with Crippen LogP contribution in [-0.2, 0) is 11.2 Å². The summed E-state index contributed by atoms with van der Waals surface area (Å²) in [4.78, 5) is 11.9. The Morgan fingerprint density at radius 3 is 2.76 bits per heavy atom. The lowest BCUT2D eigenvalue weighted by Crippen LogP contribution is -2.04. The van der Waals surface area contributed by atoms with Crippen LogP contribution in [0.25, 0.3) is 11.1 Å². The number of ether oxygens (including phenoxy) is 2. The molecule has 3 nitrogen and oxygen atoms in total. The lowest BCUT2D eigenvalue weighted by Gasteiger charge is -2.02. The molecule has 0 atom stereocenters. The number of hydrogen-bond donors (Lipinski definition) is 0. The van der Waals surface area contributed by atoms with Crippen molar-refractivity contribution in [3.05, 3.63) is 41.5 Å². The number of carbonyl (C=O) groups excluding carboxylic acids is 1. The molecule has 1 aliphatic heterocycles. The maximum Gasteiger partial charge on any atom is 0.338 e. The van der Waals surface area contributed by atoms with Crippen LogP contribution in [0.3, 0.4) is 0 Å². The van der Waals surface area contributed by atoms with E-state index in [-0.39, 0.29) is 5.97 Å². The number of carbonyl (C=O) groups is 1. The van der Waals surface area contributed by atoms with Gasteiger partial charge in [0.25, 0.3) is 0 Å². The first kappa shape index (κ1) is 10.1. The smallest absolute Gasteiger partial charge is 0.338 e. The largest absolute Gasteiger partial charge is 0.492 e. The second-order valence-electron chi connectivity index (χ2n) is 4.01. The molecule has 17 heavy (non-hydrogen) atoms. The second-order valence-corrected chi connectivity index (χ2v) is 4.01. The molecule has 0 fully saturated rings. The van der Waals surface area contributed by atoms with E-state index in [1.807, 2.05) is 30.3 Å². The van der Waals surface area contributed by atoms with Crippen molar-refractivity contribution in [3.63, 3.8) is 0 Å². The van der Waals surface area contributed by atoms with Gasteiger partial charge in [-0.3, -0.25) is 0 Å². The van der Waals surface area contributed by atoms with Crippen molar-refractivity contribution in [2.45, 2.75) is 6.42 Å². The number of methoxy groups -OCH3 is 1. The summed E-state index contributed by atoms with van der Waals surface area (Å²) in [6.45, 7) is 0.642. The molecule has 3 rings (SSSR count). The average Bonchev–Trinajstić information content (AvgIpc) is 2.82. The van der Waals surface area contributed by atoms with Gasteiger partial charge in [0.15, 0.2) is 0 Å². The van der Waals surface area contributed by atoms with Crippen LogP contribution in [0.2, 0.25) is 0 Å². The van der Waals surface area contributed by atoms with E-state index in [2.05, 4.69) is 0 Å². The third-order valence-corrected chi connectivity index (χ3v) is 3.12. The number of rotatable bonds is 1. The van der Waals surface area contributed by atoms with Gasteiger partial charge < -0.3 is 9.47 Å². The average molecular weight is 228 g/mol. The standard InChI is InChI=1S/C14H12O3/c1-16-14(15)12-9-5-3-2-4-6-10(9)13-11(12)7-8-17-13/h2-6H,7-8H2,1H3. The molecule has 0 unspecified atom stereocenters. The van der Waals surface area contributed by atoms with Crippen molar-refractivity contribution in [1.82, 2.24) is 0 Å². The Balaban J connectivity index is 2.33. The molecule has 0 N–H and O–H groups in total. The van der Waals surface area contributed by atoms with Gasteiger partial charge in [0.2, 0.25) is 0 Å². The SMILES string of the molecule is COC(=O)c1c2cccccc-2c2c1CCO2. The number of esters is 1. The molecule has 3 aliphatic rings. The maximum atomic E-state index is 11.9. The fraction of sp³-hybridized carbons (Fsp3) is 0.214. The van der Waals surface area contributed by atoms with Crippen molar-refractivity contribution < 1.29 is 14.3 Å². The first-order valence-electron chi connectivity index (χ1n) is 5.57. The molecule has 0 aromatic rings. The van der Waals surface area contributed by atoms with Crippen LogP contribution in [0.4, 0.5) is 0 Å². The quantitative estimate of drug-likeness (QED) is 0.703. The van der Waals surface area contributed by atoms with Crippen LogP contribution in [-0.4, -0.2) is 19.7 Å². The van der Waals surface area contributed by atoms with E-state index in [0.29, 0.717) is 12.2 Å². The second kappa shape index (κ2) is 3.77. The lowest BCUT2D eigenvalue weighted by molar-refractivity contribution is 0.0601.